The van der Waals surface area contributed by atoms with Crippen LogP contribution in [-0.2, 0) is 0 Å². The zero-order chi connectivity index (χ0) is 11.4. The third-order valence-corrected chi connectivity index (χ3v) is 2.95. The highest BCUT2D eigenvalue weighted by atomic mass is 35.5. The number of ether oxygens (including phenoxy) is 1. The molecular formula is C9H13ClN2O2S. The van der Waals surface area contributed by atoms with E-state index in [0.29, 0.717) is 21.6 Å². The number of carbonyl (C=O) groups excluding carboxylic acids is 1. The van der Waals surface area contributed by atoms with E-state index in [1.807, 2.05) is 19.0 Å². The van der Waals surface area contributed by atoms with Gasteiger partial charge >= 0.3 is 0 Å². The van der Waals surface area contributed by atoms with Gasteiger partial charge in [0.1, 0.15) is 17.2 Å². The summed E-state index contributed by atoms with van der Waals surface area (Å²) in [5.41, 5.74) is 5.18. The molecule has 1 aromatic heterocycles. The zero-order valence-electron chi connectivity index (χ0n) is 8.62. The Labute approximate surface area is 97.6 Å². The number of halogens is 1. The predicted octanol–water partition coefficient (Wildman–Crippen LogP) is 1.44. The summed E-state index contributed by atoms with van der Waals surface area (Å²) >= 11 is 6.91. The largest absolute Gasteiger partial charge is 0.490 e. The number of likely N-dealkylation sites (N-methyl/N-ethyl adjacent to an activating group) is 1. The van der Waals surface area contributed by atoms with E-state index in [1.54, 1.807) is 6.07 Å². The third-order valence-electron chi connectivity index (χ3n) is 1.69. The average Bonchev–Trinajstić information content (AvgIpc) is 2.46. The molecule has 0 bridgehead atoms. The van der Waals surface area contributed by atoms with Gasteiger partial charge in [-0.2, -0.15) is 0 Å². The molecule has 1 aromatic rings. The molecule has 0 aliphatic heterocycles. The minimum Gasteiger partial charge on any atom is -0.490 e. The summed E-state index contributed by atoms with van der Waals surface area (Å²) in [5.74, 6) is -0.0360. The van der Waals surface area contributed by atoms with Crippen molar-refractivity contribution in [3.05, 3.63) is 15.3 Å². The van der Waals surface area contributed by atoms with Crippen LogP contribution in [0.5, 0.6) is 5.75 Å². The summed E-state index contributed by atoms with van der Waals surface area (Å²) in [6.07, 6.45) is 0. The molecule has 1 heterocycles. The third kappa shape index (κ3) is 3.70. The van der Waals surface area contributed by atoms with Crippen LogP contribution in [0.2, 0.25) is 4.34 Å². The van der Waals surface area contributed by atoms with E-state index in [4.69, 9.17) is 22.1 Å². The number of carbonyl (C=O) groups is 1. The number of hydrogen-bond donors (Lipinski definition) is 1. The number of amides is 1. The first kappa shape index (κ1) is 12.3. The van der Waals surface area contributed by atoms with E-state index in [2.05, 4.69) is 0 Å². The first-order valence-electron chi connectivity index (χ1n) is 4.37. The zero-order valence-corrected chi connectivity index (χ0v) is 10.2. The molecular weight excluding hydrogens is 236 g/mol. The normalized spacial score (nSPS) is 10.7. The van der Waals surface area contributed by atoms with Gasteiger partial charge in [-0.15, -0.1) is 11.3 Å². The van der Waals surface area contributed by atoms with Gasteiger partial charge in [0.05, 0.1) is 4.34 Å². The van der Waals surface area contributed by atoms with E-state index >= 15 is 0 Å². The summed E-state index contributed by atoms with van der Waals surface area (Å²) in [4.78, 5) is 13.4. The molecule has 0 atom stereocenters. The van der Waals surface area contributed by atoms with E-state index < -0.39 is 5.91 Å². The Morgan fingerprint density at radius 2 is 2.33 bits per heavy atom. The molecule has 0 spiro atoms. The maximum atomic E-state index is 11.0. The minimum atomic E-state index is -0.508. The summed E-state index contributed by atoms with van der Waals surface area (Å²) in [7, 11) is 3.89. The van der Waals surface area contributed by atoms with Crippen molar-refractivity contribution < 1.29 is 9.53 Å². The highest BCUT2D eigenvalue weighted by Gasteiger charge is 2.14. The van der Waals surface area contributed by atoms with Crippen LogP contribution in [0.25, 0.3) is 0 Å². The van der Waals surface area contributed by atoms with Crippen LogP contribution < -0.4 is 10.5 Å². The van der Waals surface area contributed by atoms with Crippen LogP contribution in [0.3, 0.4) is 0 Å². The minimum absolute atomic E-state index is 0.374. The van der Waals surface area contributed by atoms with Crippen LogP contribution >= 0.6 is 22.9 Å². The molecule has 1 amide bonds. The topological polar surface area (TPSA) is 55.6 Å². The van der Waals surface area contributed by atoms with Gasteiger partial charge in [0.15, 0.2) is 0 Å². The molecule has 84 valence electrons. The van der Waals surface area contributed by atoms with Gasteiger partial charge in [0.25, 0.3) is 5.91 Å². The SMILES string of the molecule is CN(C)CCOc1cc(Cl)sc1C(N)=O. The van der Waals surface area contributed by atoms with Crippen molar-refractivity contribution in [2.45, 2.75) is 0 Å². The molecule has 0 saturated heterocycles. The maximum Gasteiger partial charge on any atom is 0.262 e. The lowest BCUT2D eigenvalue weighted by Crippen LogP contribution is -2.20. The second kappa shape index (κ2) is 5.34. The Bertz CT molecular complexity index is 352. The summed E-state index contributed by atoms with van der Waals surface area (Å²) < 4.78 is 5.92. The van der Waals surface area contributed by atoms with Crippen molar-refractivity contribution in [1.82, 2.24) is 4.90 Å². The number of thiophene rings is 1. The van der Waals surface area contributed by atoms with Crippen molar-refractivity contribution in [1.29, 1.82) is 0 Å². The first-order chi connectivity index (χ1) is 7.00. The monoisotopic (exact) mass is 248 g/mol. The number of hydrogen-bond acceptors (Lipinski definition) is 4. The molecule has 6 heteroatoms. The van der Waals surface area contributed by atoms with Crippen LogP contribution in [0, 0.1) is 0 Å². The lowest BCUT2D eigenvalue weighted by atomic mass is 10.4. The van der Waals surface area contributed by atoms with Crippen molar-refractivity contribution in [2.24, 2.45) is 5.73 Å². The van der Waals surface area contributed by atoms with Crippen molar-refractivity contribution in [3.8, 4) is 5.75 Å². The highest BCUT2D eigenvalue weighted by molar-refractivity contribution is 7.18. The standard InChI is InChI=1S/C9H13ClN2O2S/c1-12(2)3-4-14-6-5-7(10)15-8(6)9(11)13/h5H,3-4H2,1-2H3,(H2,11,13). The van der Waals surface area contributed by atoms with Gasteiger partial charge in [-0.1, -0.05) is 11.6 Å². The molecule has 15 heavy (non-hydrogen) atoms. The molecule has 0 radical (unpaired) electrons. The summed E-state index contributed by atoms with van der Waals surface area (Å²) in [6.45, 7) is 1.27. The van der Waals surface area contributed by atoms with E-state index in [-0.39, 0.29) is 0 Å². The lowest BCUT2D eigenvalue weighted by molar-refractivity contribution is 0.100. The van der Waals surface area contributed by atoms with Crippen LogP contribution in [-0.4, -0.2) is 38.1 Å². The van der Waals surface area contributed by atoms with Crippen molar-refractivity contribution in [2.75, 3.05) is 27.2 Å². The molecule has 0 aliphatic carbocycles. The molecule has 1 rings (SSSR count). The second-order valence-electron chi connectivity index (χ2n) is 3.26. The molecule has 0 aliphatic rings. The Morgan fingerprint density at radius 1 is 1.67 bits per heavy atom. The smallest absolute Gasteiger partial charge is 0.262 e. The number of rotatable bonds is 5. The van der Waals surface area contributed by atoms with Gasteiger partial charge in [-0.05, 0) is 14.1 Å². The Hall–Kier alpha value is -0.780. The molecule has 4 nitrogen and oxygen atoms in total. The second-order valence-corrected chi connectivity index (χ2v) is 4.94. The number of primary amides is 1. The summed E-state index contributed by atoms with van der Waals surface area (Å²) in [5, 5.41) is 0. The Kier molecular flexibility index (Phi) is 4.38. The Morgan fingerprint density at radius 3 is 2.87 bits per heavy atom. The van der Waals surface area contributed by atoms with E-state index in [0.717, 1.165) is 17.9 Å². The van der Waals surface area contributed by atoms with Crippen LogP contribution in [0.1, 0.15) is 9.67 Å². The lowest BCUT2D eigenvalue weighted by Gasteiger charge is -2.10. The van der Waals surface area contributed by atoms with Gasteiger partial charge in [-0.3, -0.25) is 4.79 Å². The average molecular weight is 249 g/mol. The predicted molar refractivity (Wildman–Crippen MR) is 61.9 cm³/mol. The molecule has 2 N–H and O–H groups in total. The fourth-order valence-electron chi connectivity index (χ4n) is 0.963. The molecule has 0 fully saturated rings. The fourth-order valence-corrected chi connectivity index (χ4v) is 1.97. The van der Waals surface area contributed by atoms with E-state index in [1.165, 1.54) is 0 Å². The van der Waals surface area contributed by atoms with Crippen molar-refractivity contribution in [3.63, 3.8) is 0 Å². The highest BCUT2D eigenvalue weighted by Crippen LogP contribution is 2.32. The van der Waals surface area contributed by atoms with Crippen LogP contribution in [0.15, 0.2) is 6.07 Å². The first-order valence-corrected chi connectivity index (χ1v) is 5.57. The number of nitrogens with two attached hydrogens (primary N) is 1. The quantitative estimate of drug-likeness (QED) is 0.858. The summed E-state index contributed by atoms with van der Waals surface area (Å²) in [6, 6.07) is 1.61. The fraction of sp³-hybridized carbons (Fsp3) is 0.444. The van der Waals surface area contributed by atoms with Gasteiger partial charge < -0.3 is 15.4 Å². The maximum absolute atomic E-state index is 11.0. The van der Waals surface area contributed by atoms with Gasteiger partial charge in [-0.25, -0.2) is 0 Å². The van der Waals surface area contributed by atoms with Gasteiger partial charge in [0.2, 0.25) is 0 Å². The molecule has 0 unspecified atom stereocenters. The van der Waals surface area contributed by atoms with E-state index in [9.17, 15) is 4.79 Å². The Balaban J connectivity index is 2.63. The number of nitrogens with zero attached hydrogens (tertiary/aromatic N) is 1. The molecule has 0 saturated carbocycles. The van der Waals surface area contributed by atoms with Gasteiger partial charge in [0, 0.05) is 12.6 Å². The van der Waals surface area contributed by atoms with Crippen molar-refractivity contribution >= 4 is 28.8 Å². The van der Waals surface area contributed by atoms with Crippen LogP contribution in [0.4, 0.5) is 0 Å². The molecule has 0 aromatic carbocycles.